The van der Waals surface area contributed by atoms with Gasteiger partial charge in [-0.15, -0.1) is 0 Å². The van der Waals surface area contributed by atoms with Crippen LogP contribution in [0.1, 0.15) is 0 Å². The van der Waals surface area contributed by atoms with E-state index >= 15 is 0 Å². The Balaban J connectivity index is 1.47. The topological polar surface area (TPSA) is 51.6 Å². The first kappa shape index (κ1) is 22.5. The number of aromatic nitrogens is 4. The maximum absolute atomic E-state index is 5.12. The van der Waals surface area contributed by atoms with Crippen molar-refractivity contribution < 1.29 is 0 Å². The van der Waals surface area contributed by atoms with Gasteiger partial charge in [0.1, 0.15) is 0 Å². The highest BCUT2D eigenvalue weighted by Gasteiger charge is 2.16. The first-order valence-corrected chi connectivity index (χ1v) is 13.3. The van der Waals surface area contributed by atoms with Gasteiger partial charge in [-0.3, -0.25) is 0 Å². The van der Waals surface area contributed by atoms with Gasteiger partial charge in [-0.25, -0.2) is 9.97 Å². The average molecular weight is 511 g/mol. The number of hydrogen-bond donors (Lipinski definition) is 0. The molecule has 6 aromatic carbocycles. The Bertz CT molecular complexity index is 2080. The quantitative estimate of drug-likeness (QED) is 0.223. The summed E-state index contributed by atoms with van der Waals surface area (Å²) in [5.41, 5.74) is 4.72. The number of hydrogen-bond acceptors (Lipinski definition) is 4. The molecule has 0 aliphatic heterocycles. The molecule has 0 spiro atoms. The molecule has 0 aliphatic rings. The molecule has 0 atom stereocenters. The molecular formula is C36H22N4. The van der Waals surface area contributed by atoms with Crippen LogP contribution in [-0.2, 0) is 0 Å². The zero-order valence-corrected chi connectivity index (χ0v) is 21.5. The number of benzene rings is 6. The molecule has 4 heteroatoms. The van der Waals surface area contributed by atoms with Gasteiger partial charge in [0.05, 0.1) is 23.8 Å². The molecule has 0 aliphatic carbocycles. The van der Waals surface area contributed by atoms with E-state index in [9.17, 15) is 0 Å². The van der Waals surface area contributed by atoms with Gasteiger partial charge < -0.3 is 0 Å². The molecule has 0 saturated carbocycles. The summed E-state index contributed by atoms with van der Waals surface area (Å²) in [5, 5.41) is 17.7. The van der Waals surface area contributed by atoms with Crippen molar-refractivity contribution in [2.24, 2.45) is 0 Å². The summed E-state index contributed by atoms with van der Waals surface area (Å²) in [6.07, 6.45) is 3.40. The van der Waals surface area contributed by atoms with E-state index in [0.29, 0.717) is 5.82 Å². The van der Waals surface area contributed by atoms with Crippen LogP contribution in [0.25, 0.3) is 77.0 Å². The van der Waals surface area contributed by atoms with Gasteiger partial charge in [0.2, 0.25) is 0 Å². The monoisotopic (exact) mass is 510 g/mol. The lowest BCUT2D eigenvalue weighted by atomic mass is 9.93. The fraction of sp³-hybridized carbons (Fsp3) is 0. The van der Waals surface area contributed by atoms with Crippen LogP contribution in [0.5, 0.6) is 0 Å². The molecule has 8 rings (SSSR count). The highest BCUT2D eigenvalue weighted by Crippen LogP contribution is 2.39. The molecule has 0 bridgehead atoms. The Morgan fingerprint density at radius 1 is 0.400 bits per heavy atom. The Morgan fingerprint density at radius 3 is 1.38 bits per heavy atom. The maximum atomic E-state index is 5.12. The third kappa shape index (κ3) is 3.62. The molecule has 0 unspecified atom stereocenters. The van der Waals surface area contributed by atoms with Gasteiger partial charge in [-0.1, -0.05) is 97.1 Å². The number of nitrogens with zero attached hydrogens (tertiary/aromatic N) is 4. The molecule has 0 radical (unpaired) electrons. The molecular weight excluding hydrogens is 488 g/mol. The standard InChI is InChI=1S/C36H22N4/c1-3-11-26-23(9-1)19-32(30-15-7-5-13-28(26)30)34-21-35(40-36(39-34)25-17-18-37-38-22-25)33-20-24-10-2-4-12-27(24)29-14-6-8-16-31(29)33/h1-22H. The minimum atomic E-state index is 0.622. The van der Waals surface area contributed by atoms with E-state index in [1.807, 2.05) is 6.07 Å². The summed E-state index contributed by atoms with van der Waals surface area (Å²) in [6, 6.07) is 42.7. The first-order chi connectivity index (χ1) is 19.8. The van der Waals surface area contributed by atoms with E-state index in [2.05, 4.69) is 125 Å². The zero-order chi connectivity index (χ0) is 26.5. The van der Waals surface area contributed by atoms with Crippen LogP contribution in [0.15, 0.2) is 134 Å². The lowest BCUT2D eigenvalue weighted by Crippen LogP contribution is -1.98. The Kier molecular flexibility index (Phi) is 5.10. The van der Waals surface area contributed by atoms with Crippen molar-refractivity contribution in [3.05, 3.63) is 134 Å². The summed E-state index contributed by atoms with van der Waals surface area (Å²) in [7, 11) is 0. The number of rotatable bonds is 3. The Hall–Kier alpha value is -5.48. The van der Waals surface area contributed by atoms with E-state index in [-0.39, 0.29) is 0 Å². The Morgan fingerprint density at radius 2 is 0.875 bits per heavy atom. The third-order valence-electron chi connectivity index (χ3n) is 7.66. The fourth-order valence-electron chi connectivity index (χ4n) is 5.81. The van der Waals surface area contributed by atoms with E-state index in [1.54, 1.807) is 12.4 Å². The summed E-state index contributed by atoms with van der Waals surface area (Å²) < 4.78 is 0. The molecule has 8 aromatic rings. The van der Waals surface area contributed by atoms with Gasteiger partial charge in [0.25, 0.3) is 0 Å². The molecule has 0 fully saturated rings. The highest BCUT2D eigenvalue weighted by atomic mass is 15.1. The van der Waals surface area contributed by atoms with Crippen molar-refractivity contribution in [1.82, 2.24) is 20.2 Å². The van der Waals surface area contributed by atoms with Gasteiger partial charge in [-0.05, 0) is 67.4 Å². The summed E-state index contributed by atoms with van der Waals surface area (Å²) in [5.74, 6) is 0.622. The van der Waals surface area contributed by atoms with Crippen molar-refractivity contribution in [3.63, 3.8) is 0 Å². The van der Waals surface area contributed by atoms with E-state index in [0.717, 1.165) is 38.9 Å². The largest absolute Gasteiger partial charge is 0.228 e. The van der Waals surface area contributed by atoms with E-state index < -0.39 is 0 Å². The average Bonchev–Trinajstić information content (AvgIpc) is 3.04. The van der Waals surface area contributed by atoms with Crippen LogP contribution in [0, 0.1) is 0 Å². The summed E-state index contributed by atoms with van der Waals surface area (Å²) in [4.78, 5) is 10.2. The molecule has 2 aromatic heterocycles. The minimum absolute atomic E-state index is 0.622. The summed E-state index contributed by atoms with van der Waals surface area (Å²) >= 11 is 0. The summed E-state index contributed by atoms with van der Waals surface area (Å²) in [6.45, 7) is 0. The van der Waals surface area contributed by atoms with E-state index in [1.165, 1.54) is 32.3 Å². The predicted octanol–water partition coefficient (Wildman–Crippen LogP) is 8.88. The van der Waals surface area contributed by atoms with Gasteiger partial charge in [0.15, 0.2) is 5.82 Å². The second kappa shape index (κ2) is 9.07. The fourth-order valence-corrected chi connectivity index (χ4v) is 5.81. The van der Waals surface area contributed by atoms with Crippen LogP contribution < -0.4 is 0 Å². The van der Waals surface area contributed by atoms with Crippen LogP contribution in [0.3, 0.4) is 0 Å². The first-order valence-electron chi connectivity index (χ1n) is 13.3. The Labute approximate surface area is 230 Å². The third-order valence-corrected chi connectivity index (χ3v) is 7.66. The second-order valence-electron chi connectivity index (χ2n) is 9.97. The van der Waals surface area contributed by atoms with Crippen molar-refractivity contribution in [1.29, 1.82) is 0 Å². The molecule has 0 N–H and O–H groups in total. The van der Waals surface area contributed by atoms with Crippen LogP contribution in [-0.4, -0.2) is 20.2 Å². The molecule has 4 nitrogen and oxygen atoms in total. The molecule has 186 valence electrons. The van der Waals surface area contributed by atoms with E-state index in [4.69, 9.17) is 9.97 Å². The number of fused-ring (bicyclic) bond motifs is 6. The lowest BCUT2D eigenvalue weighted by molar-refractivity contribution is 1.02. The molecule has 0 saturated heterocycles. The van der Waals surface area contributed by atoms with Gasteiger partial charge >= 0.3 is 0 Å². The second-order valence-corrected chi connectivity index (χ2v) is 9.97. The van der Waals surface area contributed by atoms with Crippen molar-refractivity contribution in [2.75, 3.05) is 0 Å². The van der Waals surface area contributed by atoms with Crippen molar-refractivity contribution in [3.8, 4) is 33.9 Å². The molecule has 40 heavy (non-hydrogen) atoms. The van der Waals surface area contributed by atoms with Crippen LogP contribution in [0.4, 0.5) is 0 Å². The SMILES string of the molecule is c1ccc2c(c1)cc(-c1cc(-c3cc4ccccc4c4ccccc34)nc(-c3ccnnc3)n1)c1ccccc12. The molecule has 2 heterocycles. The van der Waals surface area contributed by atoms with Crippen molar-refractivity contribution in [2.45, 2.75) is 0 Å². The van der Waals surface area contributed by atoms with Crippen molar-refractivity contribution >= 4 is 43.1 Å². The van der Waals surface area contributed by atoms with Crippen LogP contribution in [0.2, 0.25) is 0 Å². The zero-order valence-electron chi connectivity index (χ0n) is 21.5. The van der Waals surface area contributed by atoms with Gasteiger partial charge in [-0.2, -0.15) is 10.2 Å². The maximum Gasteiger partial charge on any atom is 0.162 e. The predicted molar refractivity (Wildman–Crippen MR) is 164 cm³/mol. The highest BCUT2D eigenvalue weighted by molar-refractivity contribution is 6.15. The smallest absolute Gasteiger partial charge is 0.162 e. The lowest BCUT2D eigenvalue weighted by Gasteiger charge is -2.15. The normalized spacial score (nSPS) is 11.5. The molecule has 0 amide bonds. The minimum Gasteiger partial charge on any atom is -0.228 e. The van der Waals surface area contributed by atoms with Gasteiger partial charge in [0, 0.05) is 16.7 Å². The van der Waals surface area contributed by atoms with Crippen LogP contribution >= 0.6 is 0 Å².